The molecule has 0 N–H and O–H groups in total. The van der Waals surface area contributed by atoms with Gasteiger partial charge in [0.2, 0.25) is 0 Å². The summed E-state index contributed by atoms with van der Waals surface area (Å²) in [4.78, 5) is 20.5. The number of benzene rings is 2. The molecule has 0 saturated heterocycles. The lowest BCUT2D eigenvalue weighted by atomic mass is 10.2. The fourth-order valence-electron chi connectivity index (χ4n) is 2.17. The number of imidazole rings is 1. The quantitative estimate of drug-likeness (QED) is 0.699. The Morgan fingerprint density at radius 2 is 1.91 bits per heavy atom. The third kappa shape index (κ3) is 2.58. The summed E-state index contributed by atoms with van der Waals surface area (Å²) in [5.41, 5.74) is 2.19. The van der Waals surface area contributed by atoms with Gasteiger partial charge in [-0.2, -0.15) is 4.73 Å². The van der Waals surface area contributed by atoms with Gasteiger partial charge in [-0.05, 0) is 36.4 Å². The summed E-state index contributed by atoms with van der Waals surface area (Å²) in [5, 5.41) is 10.7. The fraction of sp³-hybridized carbons (Fsp3) is 0.125. The maximum Gasteiger partial charge on any atom is 0.176 e. The van der Waals surface area contributed by atoms with Gasteiger partial charge in [0.1, 0.15) is 11.3 Å². The van der Waals surface area contributed by atoms with Crippen LogP contribution in [0.1, 0.15) is 0 Å². The van der Waals surface area contributed by atoms with Crippen LogP contribution in [0.15, 0.2) is 48.5 Å². The monoisotopic (exact) mass is 297 g/mol. The van der Waals surface area contributed by atoms with Crippen molar-refractivity contribution in [2.24, 2.45) is 0 Å². The number of aromatic nitrogens is 2. The SMILES string of the molecule is COc1ccc(-c2nc3ccccc3n2OCC(=O)[O-])cc1. The van der Waals surface area contributed by atoms with Crippen molar-refractivity contribution < 1.29 is 19.5 Å². The summed E-state index contributed by atoms with van der Waals surface area (Å²) in [6.45, 7) is -0.552. The van der Waals surface area contributed by atoms with E-state index in [1.54, 1.807) is 19.2 Å². The number of fused-ring (bicyclic) bond motifs is 1. The van der Waals surface area contributed by atoms with E-state index in [0.29, 0.717) is 16.9 Å². The maximum atomic E-state index is 10.7. The van der Waals surface area contributed by atoms with Crippen molar-refractivity contribution in [2.45, 2.75) is 0 Å². The van der Waals surface area contributed by atoms with Crippen LogP contribution in [0.25, 0.3) is 22.4 Å². The van der Waals surface area contributed by atoms with E-state index in [0.717, 1.165) is 11.3 Å². The lowest BCUT2D eigenvalue weighted by molar-refractivity contribution is -0.309. The molecule has 3 aromatic rings. The number of nitrogens with zero attached hydrogens (tertiary/aromatic N) is 2. The highest BCUT2D eigenvalue weighted by Crippen LogP contribution is 2.25. The largest absolute Gasteiger partial charge is 0.546 e. The molecule has 22 heavy (non-hydrogen) atoms. The van der Waals surface area contributed by atoms with Crippen molar-refractivity contribution in [1.29, 1.82) is 0 Å². The highest BCUT2D eigenvalue weighted by atomic mass is 16.7. The van der Waals surface area contributed by atoms with E-state index in [-0.39, 0.29) is 0 Å². The summed E-state index contributed by atoms with van der Waals surface area (Å²) < 4.78 is 6.54. The van der Waals surface area contributed by atoms with Crippen molar-refractivity contribution in [2.75, 3.05) is 13.7 Å². The van der Waals surface area contributed by atoms with E-state index in [9.17, 15) is 9.90 Å². The van der Waals surface area contributed by atoms with Crippen molar-refractivity contribution >= 4 is 17.0 Å². The molecule has 0 spiro atoms. The molecule has 6 heteroatoms. The van der Waals surface area contributed by atoms with Gasteiger partial charge in [0, 0.05) is 5.56 Å². The highest BCUT2D eigenvalue weighted by Gasteiger charge is 2.13. The summed E-state index contributed by atoms with van der Waals surface area (Å²) in [6.07, 6.45) is 0. The van der Waals surface area contributed by atoms with Crippen molar-refractivity contribution in [3.63, 3.8) is 0 Å². The van der Waals surface area contributed by atoms with Crippen LogP contribution in [-0.4, -0.2) is 29.4 Å². The molecule has 0 fully saturated rings. The molecular weight excluding hydrogens is 284 g/mol. The molecule has 0 saturated carbocycles. The van der Waals surface area contributed by atoms with Crippen molar-refractivity contribution in [3.05, 3.63) is 48.5 Å². The Balaban J connectivity index is 2.09. The molecule has 3 rings (SSSR count). The van der Waals surface area contributed by atoms with Gasteiger partial charge in [-0.25, -0.2) is 4.98 Å². The van der Waals surface area contributed by atoms with Crippen LogP contribution in [0.5, 0.6) is 5.75 Å². The van der Waals surface area contributed by atoms with Crippen LogP contribution in [0, 0.1) is 0 Å². The summed E-state index contributed by atoms with van der Waals surface area (Å²) in [5.74, 6) is -0.0503. The number of rotatable bonds is 5. The molecule has 2 aromatic carbocycles. The van der Waals surface area contributed by atoms with Crippen LogP contribution in [0.2, 0.25) is 0 Å². The average molecular weight is 297 g/mol. The normalized spacial score (nSPS) is 10.6. The summed E-state index contributed by atoms with van der Waals surface area (Å²) in [6, 6.07) is 14.6. The number of carboxylic acids is 1. The third-order valence-electron chi connectivity index (χ3n) is 3.18. The van der Waals surface area contributed by atoms with Crippen LogP contribution in [0.3, 0.4) is 0 Å². The number of ether oxygens (including phenoxy) is 1. The molecule has 6 nitrogen and oxygen atoms in total. The predicted octanol–water partition coefficient (Wildman–Crippen LogP) is 0.890. The third-order valence-corrected chi connectivity index (χ3v) is 3.18. The second-order valence-corrected chi connectivity index (χ2v) is 4.59. The van der Waals surface area contributed by atoms with Crippen LogP contribution < -0.4 is 14.7 Å². The second kappa shape index (κ2) is 5.77. The maximum absolute atomic E-state index is 10.7. The Morgan fingerprint density at radius 3 is 2.59 bits per heavy atom. The fourth-order valence-corrected chi connectivity index (χ4v) is 2.17. The van der Waals surface area contributed by atoms with Crippen molar-refractivity contribution in [3.8, 4) is 17.1 Å². The zero-order valence-electron chi connectivity index (χ0n) is 11.9. The summed E-state index contributed by atoms with van der Waals surface area (Å²) >= 11 is 0. The number of carboxylic acid groups (broad SMARTS) is 1. The van der Waals surface area contributed by atoms with Crippen LogP contribution in [-0.2, 0) is 4.79 Å². The van der Waals surface area contributed by atoms with Gasteiger partial charge in [-0.1, -0.05) is 12.1 Å². The number of methoxy groups -OCH3 is 1. The lowest BCUT2D eigenvalue weighted by Gasteiger charge is -2.11. The molecule has 0 atom stereocenters. The number of para-hydroxylation sites is 2. The molecule has 0 aliphatic heterocycles. The first-order chi connectivity index (χ1) is 10.7. The van der Waals surface area contributed by atoms with Gasteiger partial charge in [0.05, 0.1) is 18.6 Å². The van der Waals surface area contributed by atoms with Crippen LogP contribution >= 0.6 is 0 Å². The molecule has 0 bridgehead atoms. The van der Waals surface area contributed by atoms with Crippen molar-refractivity contribution in [1.82, 2.24) is 9.71 Å². The number of hydrogen-bond donors (Lipinski definition) is 0. The van der Waals surface area contributed by atoms with E-state index >= 15 is 0 Å². The molecule has 0 unspecified atom stereocenters. The lowest BCUT2D eigenvalue weighted by Crippen LogP contribution is -2.32. The second-order valence-electron chi connectivity index (χ2n) is 4.59. The smallest absolute Gasteiger partial charge is 0.176 e. The first-order valence-electron chi connectivity index (χ1n) is 6.64. The molecule has 1 heterocycles. The molecule has 0 aliphatic rings. The Hall–Kier alpha value is -3.02. The van der Waals surface area contributed by atoms with Gasteiger partial charge in [0.25, 0.3) is 0 Å². The molecule has 0 radical (unpaired) electrons. The Morgan fingerprint density at radius 1 is 1.18 bits per heavy atom. The number of carbonyl (C=O) groups is 1. The minimum Gasteiger partial charge on any atom is -0.546 e. The standard InChI is InChI=1S/C16H14N2O4/c1-21-12-8-6-11(7-9-12)16-17-13-4-2-3-5-14(13)18(16)22-10-15(19)20/h2-9H,10H2,1H3,(H,19,20)/p-1. The topological polar surface area (TPSA) is 76.4 Å². The summed E-state index contributed by atoms with van der Waals surface area (Å²) in [7, 11) is 1.59. The van der Waals surface area contributed by atoms with E-state index < -0.39 is 12.6 Å². The first kappa shape index (κ1) is 13.9. The van der Waals surface area contributed by atoms with Gasteiger partial charge < -0.3 is 19.5 Å². The van der Waals surface area contributed by atoms with Gasteiger partial charge in [-0.15, -0.1) is 0 Å². The Bertz CT molecular complexity index is 809. The molecule has 0 aliphatic carbocycles. The van der Waals surface area contributed by atoms with E-state index in [1.807, 2.05) is 36.4 Å². The number of carbonyl (C=O) groups excluding carboxylic acids is 1. The van der Waals surface area contributed by atoms with E-state index in [2.05, 4.69) is 4.98 Å². The highest BCUT2D eigenvalue weighted by molar-refractivity contribution is 5.80. The first-order valence-corrected chi connectivity index (χ1v) is 6.64. The minimum atomic E-state index is -1.29. The van der Waals surface area contributed by atoms with E-state index in [4.69, 9.17) is 9.57 Å². The molecular formula is C16H13N2O4-. The van der Waals surface area contributed by atoms with Gasteiger partial charge >= 0.3 is 0 Å². The number of hydrogen-bond acceptors (Lipinski definition) is 5. The molecule has 0 amide bonds. The van der Waals surface area contributed by atoms with Gasteiger partial charge in [-0.3, -0.25) is 0 Å². The predicted molar refractivity (Wildman–Crippen MR) is 78.2 cm³/mol. The number of aliphatic carboxylic acids is 1. The zero-order valence-corrected chi connectivity index (χ0v) is 11.9. The average Bonchev–Trinajstić information content (AvgIpc) is 2.91. The minimum absolute atomic E-state index is 0.519. The van der Waals surface area contributed by atoms with E-state index in [1.165, 1.54) is 4.73 Å². The Labute approximate surface area is 126 Å². The Kier molecular flexibility index (Phi) is 3.65. The van der Waals surface area contributed by atoms with Crippen LogP contribution in [0.4, 0.5) is 0 Å². The zero-order chi connectivity index (χ0) is 15.5. The van der Waals surface area contributed by atoms with Gasteiger partial charge in [0.15, 0.2) is 12.4 Å². The molecule has 112 valence electrons. The molecule has 1 aromatic heterocycles.